The first kappa shape index (κ1) is 20.4. The van der Waals surface area contributed by atoms with Gasteiger partial charge in [0.05, 0.1) is 5.56 Å². The van der Waals surface area contributed by atoms with Crippen molar-refractivity contribution < 1.29 is 9.59 Å². The summed E-state index contributed by atoms with van der Waals surface area (Å²) in [5.41, 5.74) is 6.44. The number of aryl methyl sites for hydroxylation is 1. The molecule has 0 radical (unpaired) electrons. The van der Waals surface area contributed by atoms with Gasteiger partial charge in [-0.05, 0) is 80.5 Å². The average molecular weight is 421 g/mol. The summed E-state index contributed by atoms with van der Waals surface area (Å²) in [7, 11) is 0. The Bertz CT molecular complexity index is 1110. The number of Topliss-reactive ketones (excluding diaryl/α,β-unsaturated/α-hetero) is 1. The molecule has 0 unspecified atom stereocenters. The molecule has 0 spiro atoms. The lowest BCUT2D eigenvalue weighted by molar-refractivity contribution is -0.112. The highest BCUT2D eigenvalue weighted by Crippen LogP contribution is 2.31. The van der Waals surface area contributed by atoms with Crippen LogP contribution >= 0.6 is 11.6 Å². The van der Waals surface area contributed by atoms with Crippen LogP contribution < -0.4 is 5.32 Å². The molecule has 3 aromatic rings. The zero-order chi connectivity index (χ0) is 21.3. The number of nitrogens with one attached hydrogen (secondary N) is 1. The van der Waals surface area contributed by atoms with Gasteiger partial charge in [-0.3, -0.25) is 9.59 Å². The van der Waals surface area contributed by atoms with Crippen LogP contribution in [0.4, 0.5) is 5.69 Å². The number of rotatable bonds is 5. The van der Waals surface area contributed by atoms with E-state index in [-0.39, 0.29) is 0 Å². The SMILES string of the molecule is Cc1cccc(NC(=O)C(=O)c2c3c(n(Cc4ccc(Cl)cc4)c2C)CCCC3)c1. The van der Waals surface area contributed by atoms with Gasteiger partial charge in [0.25, 0.3) is 11.7 Å². The molecule has 0 bridgehead atoms. The van der Waals surface area contributed by atoms with Gasteiger partial charge >= 0.3 is 0 Å². The van der Waals surface area contributed by atoms with Crippen LogP contribution in [-0.2, 0) is 24.2 Å². The Kier molecular flexibility index (Phi) is 5.78. The fraction of sp³-hybridized carbons (Fsp3) is 0.280. The van der Waals surface area contributed by atoms with Crippen molar-refractivity contribution in [2.24, 2.45) is 0 Å². The van der Waals surface area contributed by atoms with Crippen LogP contribution in [0.1, 0.15) is 51.3 Å². The van der Waals surface area contributed by atoms with E-state index < -0.39 is 11.7 Å². The molecule has 0 saturated heterocycles. The fourth-order valence-corrected chi connectivity index (χ4v) is 4.45. The summed E-state index contributed by atoms with van der Waals surface area (Å²) in [6, 6.07) is 15.2. The maximum absolute atomic E-state index is 13.2. The molecule has 5 heteroatoms. The molecule has 4 rings (SSSR count). The highest BCUT2D eigenvalue weighted by molar-refractivity contribution is 6.47. The summed E-state index contributed by atoms with van der Waals surface area (Å²) < 4.78 is 2.20. The Morgan fingerprint density at radius 1 is 1.03 bits per heavy atom. The first-order valence-corrected chi connectivity index (χ1v) is 10.7. The number of hydrogen-bond acceptors (Lipinski definition) is 2. The second-order valence-corrected chi connectivity index (χ2v) is 8.39. The van der Waals surface area contributed by atoms with Gasteiger partial charge in [-0.2, -0.15) is 0 Å². The largest absolute Gasteiger partial charge is 0.343 e. The quantitative estimate of drug-likeness (QED) is 0.437. The number of halogens is 1. The lowest BCUT2D eigenvalue weighted by Crippen LogP contribution is -2.24. The molecule has 1 aromatic heterocycles. The first-order chi connectivity index (χ1) is 14.4. The molecule has 0 atom stereocenters. The lowest BCUT2D eigenvalue weighted by atomic mass is 9.92. The van der Waals surface area contributed by atoms with Crippen molar-refractivity contribution in [3.8, 4) is 0 Å². The van der Waals surface area contributed by atoms with E-state index in [1.165, 1.54) is 5.69 Å². The van der Waals surface area contributed by atoms with Crippen molar-refractivity contribution in [3.63, 3.8) is 0 Å². The number of hydrogen-bond donors (Lipinski definition) is 1. The molecule has 1 aliphatic rings. The zero-order valence-electron chi connectivity index (χ0n) is 17.3. The molecule has 154 valence electrons. The topological polar surface area (TPSA) is 51.1 Å². The Hall–Kier alpha value is -2.85. The van der Waals surface area contributed by atoms with Gasteiger partial charge in [0.1, 0.15) is 0 Å². The minimum Gasteiger partial charge on any atom is -0.343 e. The van der Waals surface area contributed by atoms with Crippen LogP contribution in [0.5, 0.6) is 0 Å². The Morgan fingerprint density at radius 2 is 1.77 bits per heavy atom. The van der Waals surface area contributed by atoms with Crippen LogP contribution in [0.15, 0.2) is 48.5 Å². The summed E-state index contributed by atoms with van der Waals surface area (Å²) >= 11 is 6.02. The number of benzene rings is 2. The summed E-state index contributed by atoms with van der Waals surface area (Å²) in [4.78, 5) is 26.0. The smallest absolute Gasteiger partial charge is 0.296 e. The number of anilines is 1. The summed E-state index contributed by atoms with van der Waals surface area (Å²) in [6.07, 6.45) is 3.90. The van der Waals surface area contributed by atoms with Gasteiger partial charge in [0.15, 0.2) is 0 Å². The second kappa shape index (κ2) is 8.49. The van der Waals surface area contributed by atoms with E-state index in [0.717, 1.165) is 48.1 Å². The molecule has 0 fully saturated rings. The van der Waals surface area contributed by atoms with E-state index in [1.54, 1.807) is 6.07 Å². The monoisotopic (exact) mass is 420 g/mol. The van der Waals surface area contributed by atoms with E-state index in [2.05, 4.69) is 9.88 Å². The molecule has 1 aliphatic carbocycles. The van der Waals surface area contributed by atoms with Crippen molar-refractivity contribution in [3.05, 3.63) is 87.2 Å². The third-order valence-corrected chi connectivity index (χ3v) is 6.05. The van der Waals surface area contributed by atoms with E-state index in [4.69, 9.17) is 11.6 Å². The summed E-state index contributed by atoms with van der Waals surface area (Å²) in [5, 5.41) is 3.47. The van der Waals surface area contributed by atoms with Gasteiger partial charge in [-0.1, -0.05) is 35.9 Å². The Labute approximate surface area is 181 Å². The van der Waals surface area contributed by atoms with E-state index in [1.807, 2.05) is 56.3 Å². The number of carbonyl (C=O) groups is 2. The van der Waals surface area contributed by atoms with Crippen LogP contribution in [0.2, 0.25) is 5.02 Å². The highest BCUT2D eigenvalue weighted by Gasteiger charge is 2.30. The maximum atomic E-state index is 13.2. The molecular weight excluding hydrogens is 396 g/mol. The van der Waals surface area contributed by atoms with E-state index in [0.29, 0.717) is 22.8 Å². The predicted octanol–water partition coefficient (Wildman–Crippen LogP) is 5.51. The van der Waals surface area contributed by atoms with E-state index in [9.17, 15) is 9.59 Å². The van der Waals surface area contributed by atoms with Crippen LogP contribution in [-0.4, -0.2) is 16.3 Å². The minimum absolute atomic E-state index is 0.456. The number of fused-ring (bicyclic) bond motifs is 1. The third-order valence-electron chi connectivity index (χ3n) is 5.80. The molecule has 0 aliphatic heterocycles. The fourth-order valence-electron chi connectivity index (χ4n) is 4.32. The van der Waals surface area contributed by atoms with E-state index >= 15 is 0 Å². The molecule has 4 nitrogen and oxygen atoms in total. The van der Waals surface area contributed by atoms with Crippen molar-refractivity contribution >= 4 is 29.0 Å². The molecule has 0 saturated carbocycles. The van der Waals surface area contributed by atoms with Crippen molar-refractivity contribution in [2.75, 3.05) is 5.32 Å². The van der Waals surface area contributed by atoms with Crippen molar-refractivity contribution in [1.29, 1.82) is 0 Å². The van der Waals surface area contributed by atoms with Crippen LogP contribution in [0.25, 0.3) is 0 Å². The normalized spacial score (nSPS) is 13.0. The van der Waals surface area contributed by atoms with Crippen molar-refractivity contribution in [2.45, 2.75) is 46.1 Å². The standard InChI is InChI=1S/C25H25ClN2O2/c1-16-6-5-7-20(14-16)27-25(30)24(29)23-17(2)28(22-9-4-3-8-21(22)23)15-18-10-12-19(26)13-11-18/h5-7,10-14H,3-4,8-9,15H2,1-2H3,(H,27,30). The number of carbonyl (C=O) groups excluding carboxylic acids is 2. The van der Waals surface area contributed by atoms with Gasteiger partial charge in [0.2, 0.25) is 0 Å². The average Bonchev–Trinajstić information content (AvgIpc) is 3.00. The predicted molar refractivity (Wildman–Crippen MR) is 121 cm³/mol. The molecule has 1 amide bonds. The summed E-state index contributed by atoms with van der Waals surface area (Å²) in [6.45, 7) is 4.56. The van der Waals surface area contributed by atoms with Crippen LogP contribution in [0.3, 0.4) is 0 Å². The minimum atomic E-state index is -0.583. The number of ketones is 1. The first-order valence-electron chi connectivity index (χ1n) is 10.3. The van der Waals surface area contributed by atoms with Gasteiger partial charge in [0, 0.05) is 28.6 Å². The Morgan fingerprint density at radius 3 is 2.50 bits per heavy atom. The maximum Gasteiger partial charge on any atom is 0.296 e. The second-order valence-electron chi connectivity index (χ2n) is 7.96. The molecule has 30 heavy (non-hydrogen) atoms. The number of nitrogens with zero attached hydrogens (tertiary/aromatic N) is 1. The van der Waals surface area contributed by atoms with Gasteiger partial charge in [-0.15, -0.1) is 0 Å². The van der Waals surface area contributed by atoms with Crippen LogP contribution in [0, 0.1) is 13.8 Å². The number of amides is 1. The van der Waals surface area contributed by atoms with Gasteiger partial charge in [-0.25, -0.2) is 0 Å². The molecule has 1 N–H and O–H groups in total. The summed E-state index contributed by atoms with van der Waals surface area (Å²) in [5.74, 6) is -1.04. The molecule has 2 aromatic carbocycles. The van der Waals surface area contributed by atoms with Gasteiger partial charge < -0.3 is 9.88 Å². The highest BCUT2D eigenvalue weighted by atomic mass is 35.5. The molecule has 1 heterocycles. The van der Waals surface area contributed by atoms with Crippen molar-refractivity contribution in [1.82, 2.24) is 4.57 Å². The Balaban J connectivity index is 1.67. The third kappa shape index (κ3) is 4.05. The zero-order valence-corrected chi connectivity index (χ0v) is 18.1. The number of aromatic nitrogens is 1. The molecular formula is C25H25ClN2O2. The lowest BCUT2D eigenvalue weighted by Gasteiger charge is -2.16.